The van der Waals surface area contributed by atoms with E-state index in [1.165, 1.54) is 0 Å². The van der Waals surface area contributed by atoms with Crippen LogP contribution in [0.4, 0.5) is 0 Å². The minimum absolute atomic E-state index is 0.141. The Labute approximate surface area is 83.8 Å². The van der Waals surface area contributed by atoms with Crippen molar-refractivity contribution in [2.45, 2.75) is 6.42 Å². The monoisotopic (exact) mass is 199 g/mol. The number of hydrogen-bond acceptors (Lipinski definition) is 3. The summed E-state index contributed by atoms with van der Waals surface area (Å²) in [6.45, 7) is 2.53. The Morgan fingerprint density at radius 3 is 2.93 bits per heavy atom. The van der Waals surface area contributed by atoms with E-state index in [1.54, 1.807) is 7.11 Å². The van der Waals surface area contributed by atoms with E-state index < -0.39 is 0 Å². The third-order valence-electron chi connectivity index (χ3n) is 3.35. The van der Waals surface area contributed by atoms with Gasteiger partial charge in [0.2, 0.25) is 5.91 Å². The number of aliphatic hydroxyl groups excluding tert-OH is 1. The van der Waals surface area contributed by atoms with Crippen LogP contribution in [0.2, 0.25) is 0 Å². The van der Waals surface area contributed by atoms with Crippen LogP contribution in [0, 0.1) is 17.8 Å². The SMILES string of the molecule is COCCCN1CC2C(CO)C2C1=O. The lowest BCUT2D eigenvalue weighted by Gasteiger charge is -2.19. The lowest BCUT2D eigenvalue weighted by Crippen LogP contribution is -2.32. The van der Waals surface area contributed by atoms with Gasteiger partial charge in [0.05, 0.1) is 0 Å². The van der Waals surface area contributed by atoms with Crippen LogP contribution in [0.25, 0.3) is 0 Å². The molecule has 2 fully saturated rings. The van der Waals surface area contributed by atoms with Crippen LogP contribution < -0.4 is 0 Å². The maximum atomic E-state index is 11.7. The fourth-order valence-corrected chi connectivity index (χ4v) is 2.47. The van der Waals surface area contributed by atoms with Gasteiger partial charge in [0, 0.05) is 39.3 Å². The number of likely N-dealkylation sites (tertiary alicyclic amines) is 1. The average Bonchev–Trinajstić information content (AvgIpc) is 2.80. The van der Waals surface area contributed by atoms with Crippen molar-refractivity contribution >= 4 is 5.91 Å². The highest BCUT2D eigenvalue weighted by molar-refractivity contribution is 5.85. The molecule has 14 heavy (non-hydrogen) atoms. The molecule has 0 aromatic rings. The summed E-state index contributed by atoms with van der Waals surface area (Å²) >= 11 is 0. The van der Waals surface area contributed by atoms with Gasteiger partial charge in [-0.05, 0) is 18.3 Å². The van der Waals surface area contributed by atoms with Gasteiger partial charge in [-0.1, -0.05) is 0 Å². The maximum absolute atomic E-state index is 11.7. The highest BCUT2D eigenvalue weighted by atomic mass is 16.5. The van der Waals surface area contributed by atoms with E-state index in [0.29, 0.717) is 12.5 Å². The first-order valence-corrected chi connectivity index (χ1v) is 5.18. The van der Waals surface area contributed by atoms with Crippen molar-refractivity contribution in [2.75, 3.05) is 33.4 Å². The van der Waals surface area contributed by atoms with Crippen molar-refractivity contribution in [3.63, 3.8) is 0 Å². The fourth-order valence-electron chi connectivity index (χ4n) is 2.47. The molecular weight excluding hydrogens is 182 g/mol. The summed E-state index contributed by atoms with van der Waals surface area (Å²) < 4.78 is 4.94. The van der Waals surface area contributed by atoms with E-state index in [2.05, 4.69) is 0 Å². The van der Waals surface area contributed by atoms with Crippen molar-refractivity contribution in [3.8, 4) is 0 Å². The number of carbonyl (C=O) groups excluding carboxylic acids is 1. The lowest BCUT2D eigenvalue weighted by atomic mass is 10.2. The molecule has 2 aliphatic rings. The number of aliphatic hydroxyl groups is 1. The molecule has 2 rings (SSSR count). The molecule has 1 aliphatic heterocycles. The van der Waals surface area contributed by atoms with Crippen molar-refractivity contribution in [3.05, 3.63) is 0 Å². The molecule has 0 aromatic carbocycles. The summed E-state index contributed by atoms with van der Waals surface area (Å²) in [5.41, 5.74) is 0. The number of ether oxygens (including phenoxy) is 1. The largest absolute Gasteiger partial charge is 0.396 e. The van der Waals surface area contributed by atoms with Crippen molar-refractivity contribution < 1.29 is 14.6 Å². The predicted molar refractivity (Wildman–Crippen MR) is 50.6 cm³/mol. The highest BCUT2D eigenvalue weighted by Gasteiger charge is 2.60. The molecule has 1 aliphatic carbocycles. The van der Waals surface area contributed by atoms with Crippen molar-refractivity contribution in [1.29, 1.82) is 0 Å². The molecule has 1 heterocycles. The smallest absolute Gasteiger partial charge is 0.226 e. The van der Waals surface area contributed by atoms with Crippen molar-refractivity contribution in [1.82, 2.24) is 4.90 Å². The first-order chi connectivity index (χ1) is 6.79. The Morgan fingerprint density at radius 2 is 2.43 bits per heavy atom. The van der Waals surface area contributed by atoms with E-state index in [1.807, 2.05) is 4.90 Å². The zero-order chi connectivity index (χ0) is 10.1. The summed E-state index contributed by atoms with van der Waals surface area (Å²) in [6, 6.07) is 0. The van der Waals surface area contributed by atoms with Gasteiger partial charge in [-0.3, -0.25) is 4.79 Å². The third kappa shape index (κ3) is 1.53. The van der Waals surface area contributed by atoms with Crippen molar-refractivity contribution in [2.24, 2.45) is 17.8 Å². The van der Waals surface area contributed by atoms with Crippen LogP contribution in [-0.4, -0.2) is 49.3 Å². The van der Waals surface area contributed by atoms with Crippen LogP contribution in [-0.2, 0) is 9.53 Å². The molecule has 0 radical (unpaired) electrons. The summed E-state index contributed by atoms with van der Waals surface area (Å²) in [4.78, 5) is 13.6. The Kier molecular flexibility index (Phi) is 2.74. The van der Waals surface area contributed by atoms with Crippen LogP contribution in [0.5, 0.6) is 0 Å². The van der Waals surface area contributed by atoms with Gasteiger partial charge < -0.3 is 14.7 Å². The van der Waals surface area contributed by atoms with Gasteiger partial charge in [-0.15, -0.1) is 0 Å². The molecule has 80 valence electrons. The van der Waals surface area contributed by atoms with Gasteiger partial charge >= 0.3 is 0 Å². The second kappa shape index (κ2) is 3.87. The number of hydrogen-bond donors (Lipinski definition) is 1. The molecule has 0 aromatic heterocycles. The zero-order valence-corrected chi connectivity index (χ0v) is 8.48. The van der Waals surface area contributed by atoms with E-state index in [4.69, 9.17) is 9.84 Å². The standard InChI is InChI=1S/C10H17NO3/c1-14-4-2-3-11-5-7-8(6-12)9(7)10(11)13/h7-9,12H,2-6H2,1H3. The van der Waals surface area contributed by atoms with Crippen LogP contribution in [0.3, 0.4) is 0 Å². The Bertz CT molecular complexity index is 231. The van der Waals surface area contributed by atoms with E-state index in [9.17, 15) is 4.79 Å². The number of carbonyl (C=O) groups is 1. The second-order valence-corrected chi connectivity index (χ2v) is 4.17. The zero-order valence-electron chi connectivity index (χ0n) is 8.48. The molecule has 3 unspecified atom stereocenters. The lowest BCUT2D eigenvalue weighted by molar-refractivity contribution is -0.130. The van der Waals surface area contributed by atoms with E-state index in [-0.39, 0.29) is 24.3 Å². The van der Waals surface area contributed by atoms with Gasteiger partial charge in [0.15, 0.2) is 0 Å². The minimum atomic E-state index is 0.141. The summed E-state index contributed by atoms with van der Waals surface area (Å²) in [6.07, 6.45) is 0.908. The first kappa shape index (κ1) is 9.93. The number of amides is 1. The van der Waals surface area contributed by atoms with Gasteiger partial charge in [-0.25, -0.2) is 0 Å². The average molecular weight is 199 g/mol. The first-order valence-electron chi connectivity index (χ1n) is 5.18. The highest BCUT2D eigenvalue weighted by Crippen LogP contribution is 2.51. The molecule has 1 N–H and O–H groups in total. The summed E-state index contributed by atoms with van der Waals surface area (Å²) in [5, 5.41) is 8.94. The Hall–Kier alpha value is -0.610. The fraction of sp³-hybridized carbons (Fsp3) is 0.900. The van der Waals surface area contributed by atoms with E-state index in [0.717, 1.165) is 19.5 Å². The van der Waals surface area contributed by atoms with Crippen LogP contribution in [0.15, 0.2) is 0 Å². The number of methoxy groups -OCH3 is 1. The molecule has 0 bridgehead atoms. The molecular formula is C10H17NO3. The maximum Gasteiger partial charge on any atom is 0.226 e. The quantitative estimate of drug-likeness (QED) is 0.619. The minimum Gasteiger partial charge on any atom is -0.396 e. The molecule has 1 saturated heterocycles. The van der Waals surface area contributed by atoms with Crippen LogP contribution in [0.1, 0.15) is 6.42 Å². The molecule has 4 heteroatoms. The third-order valence-corrected chi connectivity index (χ3v) is 3.35. The number of piperidine rings is 1. The molecule has 0 spiro atoms. The summed E-state index contributed by atoms with van der Waals surface area (Å²) in [5.74, 6) is 1.09. The molecule has 3 atom stereocenters. The Balaban J connectivity index is 1.75. The number of nitrogens with zero attached hydrogens (tertiary/aromatic N) is 1. The van der Waals surface area contributed by atoms with E-state index >= 15 is 0 Å². The predicted octanol–water partition coefficient (Wildman–Crippen LogP) is -0.280. The normalized spacial score (nSPS) is 34.9. The van der Waals surface area contributed by atoms with Crippen LogP contribution >= 0.6 is 0 Å². The molecule has 1 saturated carbocycles. The second-order valence-electron chi connectivity index (χ2n) is 4.17. The van der Waals surface area contributed by atoms with Gasteiger partial charge in [0.1, 0.15) is 0 Å². The molecule has 4 nitrogen and oxygen atoms in total. The number of rotatable bonds is 5. The Morgan fingerprint density at radius 1 is 1.64 bits per heavy atom. The summed E-state index contributed by atoms with van der Waals surface area (Å²) in [7, 11) is 1.67. The molecule has 1 amide bonds. The number of fused-ring (bicyclic) bond motifs is 1. The van der Waals surface area contributed by atoms with Gasteiger partial charge in [0.25, 0.3) is 0 Å². The topological polar surface area (TPSA) is 49.8 Å². The van der Waals surface area contributed by atoms with Gasteiger partial charge in [-0.2, -0.15) is 0 Å².